The van der Waals surface area contributed by atoms with Crippen molar-refractivity contribution in [3.8, 4) is 11.4 Å². The summed E-state index contributed by atoms with van der Waals surface area (Å²) in [6, 6.07) is 12.1. The van der Waals surface area contributed by atoms with Gasteiger partial charge in [-0.15, -0.1) is 0 Å². The number of carbonyl (C=O) groups excluding carboxylic acids is 2. The zero-order chi connectivity index (χ0) is 22.7. The number of hydrogen-bond acceptors (Lipinski definition) is 6. The van der Waals surface area contributed by atoms with E-state index in [-0.39, 0.29) is 17.6 Å². The highest BCUT2D eigenvalue weighted by Gasteiger charge is 2.25. The van der Waals surface area contributed by atoms with E-state index in [1.165, 1.54) is 10.9 Å². The quantitative estimate of drug-likeness (QED) is 0.623. The number of hydrogen-bond donors (Lipinski definition) is 0. The number of aromatic nitrogens is 2. The summed E-state index contributed by atoms with van der Waals surface area (Å²) in [5, 5.41) is 0.405. The van der Waals surface area contributed by atoms with E-state index in [2.05, 4.69) is 4.98 Å². The van der Waals surface area contributed by atoms with Gasteiger partial charge in [0.1, 0.15) is 12.1 Å². The lowest BCUT2D eigenvalue weighted by Crippen LogP contribution is -2.50. The van der Waals surface area contributed by atoms with Crippen LogP contribution in [0.4, 0.5) is 4.79 Å². The van der Waals surface area contributed by atoms with Gasteiger partial charge < -0.3 is 19.3 Å². The Morgan fingerprint density at radius 3 is 2.47 bits per heavy atom. The summed E-state index contributed by atoms with van der Waals surface area (Å²) in [7, 11) is 1.54. The molecule has 2 heterocycles. The summed E-state index contributed by atoms with van der Waals surface area (Å²) in [6.45, 7) is 3.74. The summed E-state index contributed by atoms with van der Waals surface area (Å²) in [4.78, 5) is 45.6. The van der Waals surface area contributed by atoms with E-state index in [4.69, 9.17) is 9.47 Å². The third-order valence-corrected chi connectivity index (χ3v) is 5.44. The fourth-order valence-electron chi connectivity index (χ4n) is 3.74. The molecule has 0 saturated carbocycles. The van der Waals surface area contributed by atoms with Gasteiger partial charge in [-0.1, -0.05) is 12.1 Å². The van der Waals surface area contributed by atoms with Gasteiger partial charge in [-0.25, -0.2) is 9.78 Å². The lowest BCUT2D eigenvalue weighted by atomic mass is 10.1. The van der Waals surface area contributed by atoms with Crippen molar-refractivity contribution in [3.05, 3.63) is 64.7 Å². The highest BCUT2D eigenvalue weighted by molar-refractivity contribution is 5.97. The number of nitrogens with zero attached hydrogens (tertiary/aromatic N) is 4. The first-order valence-electron chi connectivity index (χ1n) is 10.4. The number of carbonyl (C=O) groups is 2. The Balaban J connectivity index is 1.56. The molecular formula is C23H24N4O5. The van der Waals surface area contributed by atoms with Crippen LogP contribution in [0.5, 0.6) is 5.75 Å². The average Bonchev–Trinajstić information content (AvgIpc) is 2.84. The summed E-state index contributed by atoms with van der Waals surface area (Å²) in [6.07, 6.45) is 1.08. The monoisotopic (exact) mass is 436 g/mol. The Labute approximate surface area is 184 Å². The number of piperazine rings is 1. The second-order valence-corrected chi connectivity index (χ2v) is 7.30. The van der Waals surface area contributed by atoms with Gasteiger partial charge in [0, 0.05) is 31.7 Å². The minimum absolute atomic E-state index is 0.161. The number of fused-ring (bicyclic) bond motifs is 1. The summed E-state index contributed by atoms with van der Waals surface area (Å²) < 4.78 is 11.8. The van der Waals surface area contributed by atoms with Crippen LogP contribution in [0, 0.1) is 0 Å². The molecule has 1 aromatic heterocycles. The van der Waals surface area contributed by atoms with Crippen molar-refractivity contribution < 1.29 is 19.1 Å². The Hall–Kier alpha value is -3.88. The Bertz CT molecular complexity index is 1210. The molecule has 9 heteroatoms. The standard InChI is InChI=1S/C23H24N4O5/c1-3-32-23(30)26-12-10-25(11-13-26)21(28)16-8-9-17-18(14-16)24-15-27(22(17)29)19-6-4-5-7-20(19)31-2/h4-9,14-15H,3,10-13H2,1-2H3. The first-order chi connectivity index (χ1) is 15.5. The molecule has 3 aromatic rings. The van der Waals surface area contributed by atoms with Gasteiger partial charge >= 0.3 is 6.09 Å². The van der Waals surface area contributed by atoms with Crippen LogP contribution in [-0.2, 0) is 4.74 Å². The van der Waals surface area contributed by atoms with Gasteiger partial charge in [-0.3, -0.25) is 14.2 Å². The van der Waals surface area contributed by atoms with Crippen molar-refractivity contribution in [2.24, 2.45) is 0 Å². The van der Waals surface area contributed by atoms with Crippen LogP contribution >= 0.6 is 0 Å². The predicted octanol–water partition coefficient (Wildman–Crippen LogP) is 2.31. The highest BCUT2D eigenvalue weighted by atomic mass is 16.6. The molecule has 0 unspecified atom stereocenters. The van der Waals surface area contributed by atoms with E-state index in [9.17, 15) is 14.4 Å². The van der Waals surface area contributed by atoms with Crippen molar-refractivity contribution in [2.75, 3.05) is 39.9 Å². The van der Waals surface area contributed by atoms with Crippen LogP contribution in [0.1, 0.15) is 17.3 Å². The molecule has 0 atom stereocenters. The molecule has 4 rings (SSSR count). The molecule has 2 amide bonds. The van der Waals surface area contributed by atoms with Gasteiger partial charge in [0.2, 0.25) is 0 Å². The maximum absolute atomic E-state index is 13.1. The van der Waals surface area contributed by atoms with Crippen LogP contribution in [0.2, 0.25) is 0 Å². The molecule has 0 bridgehead atoms. The molecule has 0 aliphatic carbocycles. The van der Waals surface area contributed by atoms with Crippen LogP contribution in [-0.4, -0.2) is 71.2 Å². The van der Waals surface area contributed by atoms with Gasteiger partial charge in [0.25, 0.3) is 11.5 Å². The largest absolute Gasteiger partial charge is 0.495 e. The van der Waals surface area contributed by atoms with Crippen molar-refractivity contribution in [1.82, 2.24) is 19.4 Å². The molecular weight excluding hydrogens is 412 g/mol. The van der Waals surface area contributed by atoms with Crippen LogP contribution < -0.4 is 10.3 Å². The molecule has 1 saturated heterocycles. The molecule has 1 aliphatic rings. The van der Waals surface area contributed by atoms with E-state index in [0.717, 1.165) is 0 Å². The molecule has 0 N–H and O–H groups in total. The molecule has 1 aliphatic heterocycles. The summed E-state index contributed by atoms with van der Waals surface area (Å²) in [5.74, 6) is 0.399. The van der Waals surface area contributed by atoms with Crippen molar-refractivity contribution in [2.45, 2.75) is 6.92 Å². The van der Waals surface area contributed by atoms with Gasteiger partial charge in [0.05, 0.1) is 30.3 Å². The molecule has 9 nitrogen and oxygen atoms in total. The average molecular weight is 436 g/mol. The zero-order valence-electron chi connectivity index (χ0n) is 18.0. The smallest absolute Gasteiger partial charge is 0.409 e. The first kappa shape index (κ1) is 21.4. The number of ether oxygens (including phenoxy) is 2. The maximum atomic E-state index is 13.1. The zero-order valence-corrected chi connectivity index (χ0v) is 18.0. The summed E-state index contributed by atoms with van der Waals surface area (Å²) >= 11 is 0. The third-order valence-electron chi connectivity index (χ3n) is 5.44. The predicted molar refractivity (Wildman–Crippen MR) is 118 cm³/mol. The molecule has 166 valence electrons. The lowest BCUT2D eigenvalue weighted by molar-refractivity contribution is 0.0570. The van der Waals surface area contributed by atoms with Crippen LogP contribution in [0.15, 0.2) is 53.6 Å². The van der Waals surface area contributed by atoms with Crippen LogP contribution in [0.25, 0.3) is 16.6 Å². The van der Waals surface area contributed by atoms with Crippen molar-refractivity contribution in [3.63, 3.8) is 0 Å². The van der Waals surface area contributed by atoms with Gasteiger partial charge in [-0.2, -0.15) is 0 Å². The number of methoxy groups -OCH3 is 1. The van der Waals surface area contributed by atoms with E-state index < -0.39 is 0 Å². The fraction of sp³-hybridized carbons (Fsp3) is 0.304. The maximum Gasteiger partial charge on any atom is 0.409 e. The van der Waals surface area contributed by atoms with Crippen molar-refractivity contribution in [1.29, 1.82) is 0 Å². The topological polar surface area (TPSA) is 94.0 Å². The van der Waals surface area contributed by atoms with Crippen LogP contribution in [0.3, 0.4) is 0 Å². The number of para-hydroxylation sites is 2. The van der Waals surface area contributed by atoms with E-state index >= 15 is 0 Å². The first-order valence-corrected chi connectivity index (χ1v) is 10.4. The Kier molecular flexibility index (Phi) is 6.07. The van der Waals surface area contributed by atoms with Gasteiger partial charge in [-0.05, 0) is 37.3 Å². The number of rotatable bonds is 4. The molecule has 32 heavy (non-hydrogen) atoms. The minimum Gasteiger partial charge on any atom is -0.495 e. The molecule has 2 aromatic carbocycles. The third kappa shape index (κ3) is 4.01. The van der Waals surface area contributed by atoms with E-state index in [1.807, 2.05) is 12.1 Å². The summed E-state index contributed by atoms with van der Waals surface area (Å²) in [5.41, 5.74) is 1.23. The SMILES string of the molecule is CCOC(=O)N1CCN(C(=O)c2ccc3c(=O)n(-c4ccccc4OC)cnc3c2)CC1. The minimum atomic E-state index is -0.360. The Morgan fingerprint density at radius 2 is 1.75 bits per heavy atom. The fourth-order valence-corrected chi connectivity index (χ4v) is 3.74. The van der Waals surface area contributed by atoms with E-state index in [1.54, 1.807) is 54.2 Å². The highest BCUT2D eigenvalue weighted by Crippen LogP contribution is 2.21. The lowest BCUT2D eigenvalue weighted by Gasteiger charge is -2.34. The molecule has 0 spiro atoms. The second kappa shape index (κ2) is 9.09. The molecule has 0 radical (unpaired) electrons. The molecule has 1 fully saturated rings. The Morgan fingerprint density at radius 1 is 1.03 bits per heavy atom. The van der Waals surface area contributed by atoms with Crippen molar-refractivity contribution >= 4 is 22.9 Å². The number of amides is 2. The van der Waals surface area contributed by atoms with E-state index in [0.29, 0.717) is 60.7 Å². The normalized spacial score (nSPS) is 13.8. The van der Waals surface area contributed by atoms with Gasteiger partial charge in [0.15, 0.2) is 0 Å². The number of benzene rings is 2. The second-order valence-electron chi connectivity index (χ2n) is 7.30.